The highest BCUT2D eigenvalue weighted by molar-refractivity contribution is 6.12. The summed E-state index contributed by atoms with van der Waals surface area (Å²) >= 11 is 0. The van der Waals surface area contributed by atoms with Crippen LogP contribution in [0.1, 0.15) is 0 Å². The molecule has 0 aliphatic rings. The van der Waals surface area contributed by atoms with E-state index >= 15 is 0 Å². The summed E-state index contributed by atoms with van der Waals surface area (Å²) in [6, 6.07) is 71.3. The lowest BCUT2D eigenvalue weighted by atomic mass is 9.98. The maximum absolute atomic E-state index is 6.39. The van der Waals surface area contributed by atoms with Gasteiger partial charge in [0.15, 0.2) is 0 Å². The lowest BCUT2D eigenvalue weighted by Gasteiger charge is -2.08. The number of nitrogens with zero attached hydrogens (tertiary/aromatic N) is 2. The number of para-hydroxylation sites is 4. The van der Waals surface area contributed by atoms with Crippen LogP contribution in [0.2, 0.25) is 0 Å². The molecule has 0 spiro atoms. The molecule has 0 atom stereocenters. The Labute approximate surface area is 332 Å². The zero-order valence-electron chi connectivity index (χ0n) is 31.0. The third-order valence-electron chi connectivity index (χ3n) is 12.0. The van der Waals surface area contributed by atoms with Gasteiger partial charge in [-0.25, -0.2) is 0 Å². The Morgan fingerprint density at radius 3 is 1.21 bits per heavy atom. The molecule has 0 amide bonds. The molecule has 0 aliphatic carbocycles. The maximum atomic E-state index is 6.39. The fourth-order valence-corrected chi connectivity index (χ4v) is 9.30. The van der Waals surface area contributed by atoms with E-state index in [1.54, 1.807) is 0 Å². The number of hydrogen-bond donors (Lipinski definition) is 0. The smallest absolute Gasteiger partial charge is 0.135 e. The Morgan fingerprint density at radius 2 is 0.724 bits per heavy atom. The summed E-state index contributed by atoms with van der Waals surface area (Å²) < 4.78 is 17.5. The van der Waals surface area contributed by atoms with Gasteiger partial charge in [0.2, 0.25) is 0 Å². The van der Waals surface area contributed by atoms with Crippen molar-refractivity contribution < 1.29 is 8.83 Å². The average molecular weight is 739 g/mol. The Kier molecular flexibility index (Phi) is 6.33. The summed E-state index contributed by atoms with van der Waals surface area (Å²) in [7, 11) is 0. The zero-order valence-corrected chi connectivity index (χ0v) is 31.0. The van der Waals surface area contributed by atoms with Crippen LogP contribution in [-0.4, -0.2) is 9.13 Å². The molecule has 13 rings (SSSR count). The minimum absolute atomic E-state index is 0.857. The second-order valence-electron chi connectivity index (χ2n) is 15.2. The van der Waals surface area contributed by atoms with Crippen molar-refractivity contribution in [2.75, 3.05) is 0 Å². The van der Waals surface area contributed by atoms with Gasteiger partial charge in [-0.3, -0.25) is 0 Å². The number of furan rings is 2. The molecule has 0 bridgehead atoms. The molecule has 9 aromatic carbocycles. The van der Waals surface area contributed by atoms with Crippen LogP contribution in [0.5, 0.6) is 0 Å². The second-order valence-corrected chi connectivity index (χ2v) is 15.2. The Bertz CT molecular complexity index is 3460. The van der Waals surface area contributed by atoms with Gasteiger partial charge in [-0.05, 0) is 120 Å². The van der Waals surface area contributed by atoms with Crippen LogP contribution in [0, 0.1) is 12.1 Å². The van der Waals surface area contributed by atoms with E-state index in [9.17, 15) is 0 Å². The molecule has 58 heavy (non-hydrogen) atoms. The van der Waals surface area contributed by atoms with Gasteiger partial charge in [0.05, 0.1) is 22.1 Å². The number of benzene rings is 8. The number of hydrogen-bond acceptors (Lipinski definition) is 2. The minimum atomic E-state index is 0.857. The standard InChI is InChI=1S/C54H30N2O2/c1-5-16-47-39(12-1)40-13-2-6-17-48(40)55(47)37-22-26-53-45(31-37)43-29-35(20-24-51(43)57-53)33-10-9-11-34(28-33)36-21-25-52-44(30-36)46-32-38(23-27-54(46)58-52)56-49-18-7-3-14-41(49)42-15-4-8-19-50(42)56/h1-8,10,12-32H. The molecule has 0 unspecified atom stereocenters. The van der Waals surface area contributed by atoms with E-state index in [4.69, 9.17) is 8.83 Å². The summed E-state index contributed by atoms with van der Waals surface area (Å²) in [5.41, 5.74) is 14.6. The predicted molar refractivity (Wildman–Crippen MR) is 238 cm³/mol. The van der Waals surface area contributed by atoms with Crippen LogP contribution in [0.15, 0.2) is 191 Å². The summed E-state index contributed by atoms with van der Waals surface area (Å²) in [5, 5.41) is 9.29. The molecule has 0 fully saturated rings. The highest BCUT2D eigenvalue weighted by Gasteiger charge is 2.17. The Morgan fingerprint density at radius 1 is 0.328 bits per heavy atom. The van der Waals surface area contributed by atoms with E-state index in [0.29, 0.717) is 0 Å². The second kappa shape index (κ2) is 11.8. The first-order chi connectivity index (χ1) is 28.7. The summed E-state index contributed by atoms with van der Waals surface area (Å²) in [6.07, 6.45) is 0. The van der Waals surface area contributed by atoms with Gasteiger partial charge in [-0.2, -0.15) is 0 Å². The van der Waals surface area contributed by atoms with Gasteiger partial charge < -0.3 is 18.0 Å². The van der Waals surface area contributed by atoms with E-state index in [0.717, 1.165) is 77.5 Å². The third-order valence-corrected chi connectivity index (χ3v) is 12.0. The quantitative estimate of drug-likeness (QED) is 0.180. The molecule has 4 heteroatoms. The van der Waals surface area contributed by atoms with Crippen molar-refractivity contribution in [2.45, 2.75) is 0 Å². The molecule has 0 saturated heterocycles. The van der Waals surface area contributed by atoms with Gasteiger partial charge >= 0.3 is 0 Å². The molecule has 4 heterocycles. The van der Waals surface area contributed by atoms with Crippen molar-refractivity contribution in [3.05, 3.63) is 194 Å². The van der Waals surface area contributed by atoms with E-state index in [1.807, 2.05) is 6.07 Å². The number of aromatic nitrogens is 2. The van der Waals surface area contributed by atoms with Gasteiger partial charge in [-0.15, -0.1) is 0 Å². The molecule has 4 nitrogen and oxygen atoms in total. The molecule has 4 aromatic heterocycles. The van der Waals surface area contributed by atoms with Gasteiger partial charge in [0, 0.05) is 60.0 Å². The Balaban J connectivity index is 0.909. The first-order valence-corrected chi connectivity index (χ1v) is 19.6. The van der Waals surface area contributed by atoms with E-state index in [-0.39, 0.29) is 0 Å². The third kappa shape index (κ3) is 4.47. The fourth-order valence-electron chi connectivity index (χ4n) is 9.30. The summed E-state index contributed by atoms with van der Waals surface area (Å²) in [6.45, 7) is 0. The maximum Gasteiger partial charge on any atom is 0.135 e. The first-order valence-electron chi connectivity index (χ1n) is 19.6. The SMILES string of the molecule is c1cc(-c2ccc3oc4ccc(-n5c6ccccc6c6ccccc65)cc4c3c2)cc(-c2ccc3oc4ccc(-n5c6ccccc6c6ccccc65)cc4c3c2)c#1. The molecule has 13 aromatic rings. The van der Waals surface area contributed by atoms with Crippen LogP contribution in [0.4, 0.5) is 0 Å². The normalized spacial score (nSPS) is 12.0. The molecule has 0 aliphatic heterocycles. The fraction of sp³-hybridized carbons (Fsp3) is 0. The largest absolute Gasteiger partial charge is 0.456 e. The van der Waals surface area contributed by atoms with Crippen LogP contribution < -0.4 is 0 Å². The highest BCUT2D eigenvalue weighted by Crippen LogP contribution is 2.39. The topological polar surface area (TPSA) is 36.1 Å². The molecule has 0 N–H and O–H groups in total. The Hall–Kier alpha value is -8.00. The van der Waals surface area contributed by atoms with E-state index in [2.05, 4.69) is 197 Å². The van der Waals surface area contributed by atoms with Crippen LogP contribution in [0.3, 0.4) is 0 Å². The van der Waals surface area contributed by atoms with Crippen molar-refractivity contribution in [2.24, 2.45) is 0 Å². The lowest BCUT2D eigenvalue weighted by molar-refractivity contribution is 0.668. The average Bonchev–Trinajstić information content (AvgIpc) is 4.03. The highest BCUT2D eigenvalue weighted by atomic mass is 16.3. The van der Waals surface area contributed by atoms with Gasteiger partial charge in [0.1, 0.15) is 22.3 Å². The molecular weight excluding hydrogens is 709 g/mol. The number of rotatable bonds is 4. The minimum Gasteiger partial charge on any atom is -0.456 e. The van der Waals surface area contributed by atoms with Crippen molar-refractivity contribution in [1.29, 1.82) is 0 Å². The van der Waals surface area contributed by atoms with Gasteiger partial charge in [0.25, 0.3) is 0 Å². The molecule has 0 saturated carbocycles. The zero-order chi connectivity index (χ0) is 37.9. The number of fused-ring (bicyclic) bond motifs is 12. The van der Waals surface area contributed by atoms with Crippen LogP contribution in [0.25, 0.3) is 121 Å². The van der Waals surface area contributed by atoms with E-state index < -0.39 is 0 Å². The first kappa shape index (κ1) is 31.2. The summed E-state index contributed by atoms with van der Waals surface area (Å²) in [5.74, 6) is 0. The van der Waals surface area contributed by atoms with Crippen molar-refractivity contribution in [3.63, 3.8) is 0 Å². The predicted octanol–water partition coefficient (Wildman–Crippen LogP) is 14.6. The van der Waals surface area contributed by atoms with Crippen molar-refractivity contribution >= 4 is 87.5 Å². The monoisotopic (exact) mass is 738 g/mol. The van der Waals surface area contributed by atoms with Gasteiger partial charge in [-0.1, -0.05) is 91.0 Å². The van der Waals surface area contributed by atoms with Crippen LogP contribution >= 0.6 is 0 Å². The van der Waals surface area contributed by atoms with Crippen LogP contribution in [-0.2, 0) is 0 Å². The molecule has 0 radical (unpaired) electrons. The molecule has 268 valence electrons. The lowest BCUT2D eigenvalue weighted by Crippen LogP contribution is -1.93. The van der Waals surface area contributed by atoms with Crippen molar-refractivity contribution in [1.82, 2.24) is 9.13 Å². The van der Waals surface area contributed by atoms with E-state index in [1.165, 1.54) is 43.6 Å². The molecular formula is C54H30N2O2. The summed E-state index contributed by atoms with van der Waals surface area (Å²) in [4.78, 5) is 0. The van der Waals surface area contributed by atoms with Crippen molar-refractivity contribution in [3.8, 4) is 33.6 Å².